The summed E-state index contributed by atoms with van der Waals surface area (Å²) in [6.45, 7) is 6.44. The molecule has 1 aromatic carbocycles. The number of hydrogen-bond donors (Lipinski definition) is 1. The minimum Gasteiger partial charge on any atom is -0.378 e. The van der Waals surface area contributed by atoms with E-state index in [0.29, 0.717) is 19.3 Å². The molecular formula is C25H30F3N5O2. The van der Waals surface area contributed by atoms with Crippen molar-refractivity contribution in [2.24, 2.45) is 5.41 Å². The van der Waals surface area contributed by atoms with Gasteiger partial charge in [-0.3, -0.25) is 4.90 Å². The van der Waals surface area contributed by atoms with Crippen LogP contribution in [0.15, 0.2) is 42.0 Å². The first-order valence-corrected chi connectivity index (χ1v) is 12.3. The summed E-state index contributed by atoms with van der Waals surface area (Å²) in [7, 11) is 0. The Morgan fingerprint density at radius 1 is 1.17 bits per heavy atom. The van der Waals surface area contributed by atoms with Crippen LogP contribution < -0.4 is 5.32 Å². The van der Waals surface area contributed by atoms with E-state index in [1.807, 2.05) is 32.0 Å². The van der Waals surface area contributed by atoms with Gasteiger partial charge >= 0.3 is 6.18 Å². The third-order valence-corrected chi connectivity index (χ3v) is 7.75. The fraction of sp³-hybridized carbons (Fsp3) is 0.600. The van der Waals surface area contributed by atoms with Gasteiger partial charge in [0, 0.05) is 18.5 Å². The number of benzene rings is 1. The number of anilines is 1. The number of allylic oxidation sites excluding steroid dienone is 2. The van der Waals surface area contributed by atoms with E-state index < -0.39 is 23.3 Å². The van der Waals surface area contributed by atoms with Crippen LogP contribution in [0.3, 0.4) is 0 Å². The number of halogens is 3. The van der Waals surface area contributed by atoms with Gasteiger partial charge in [0.2, 0.25) is 0 Å². The van der Waals surface area contributed by atoms with Gasteiger partial charge in [0.1, 0.15) is 11.0 Å². The molecule has 0 radical (unpaired) electrons. The van der Waals surface area contributed by atoms with Crippen molar-refractivity contribution in [1.82, 2.24) is 19.9 Å². The second kappa shape index (κ2) is 8.31. The molecule has 7 nitrogen and oxygen atoms in total. The molecule has 2 saturated heterocycles. The first-order valence-electron chi connectivity index (χ1n) is 12.3. The summed E-state index contributed by atoms with van der Waals surface area (Å²) in [6, 6.07) is 5.95. The number of fused-ring (bicyclic) bond motifs is 2. The van der Waals surface area contributed by atoms with E-state index in [1.54, 1.807) is 10.9 Å². The number of rotatable bonds is 4. The summed E-state index contributed by atoms with van der Waals surface area (Å²) in [4.78, 5) is 4.13. The zero-order valence-electron chi connectivity index (χ0n) is 19.8. The van der Waals surface area contributed by atoms with Gasteiger partial charge in [-0.2, -0.15) is 28.2 Å². The predicted octanol–water partition coefficient (Wildman–Crippen LogP) is 4.10. The molecule has 2 aromatic rings. The summed E-state index contributed by atoms with van der Waals surface area (Å²) in [5.41, 5.74) is 1.07. The van der Waals surface area contributed by atoms with Gasteiger partial charge in [-0.15, -0.1) is 0 Å². The van der Waals surface area contributed by atoms with Gasteiger partial charge in [-0.1, -0.05) is 25.1 Å². The van der Waals surface area contributed by atoms with Crippen molar-refractivity contribution in [1.29, 1.82) is 0 Å². The summed E-state index contributed by atoms with van der Waals surface area (Å²) < 4.78 is 52.4. The van der Waals surface area contributed by atoms with E-state index in [2.05, 4.69) is 15.3 Å². The molecule has 0 amide bonds. The Morgan fingerprint density at radius 3 is 2.74 bits per heavy atom. The van der Waals surface area contributed by atoms with E-state index in [-0.39, 0.29) is 18.2 Å². The predicted molar refractivity (Wildman–Crippen MR) is 125 cm³/mol. The summed E-state index contributed by atoms with van der Waals surface area (Å²) in [5, 5.41) is 13.1. The molecule has 188 valence electrons. The molecular weight excluding hydrogens is 459 g/mol. The number of morpholine rings is 1. The molecule has 2 aliphatic heterocycles. The molecule has 2 unspecified atom stereocenters. The van der Waals surface area contributed by atoms with Gasteiger partial charge in [0.15, 0.2) is 0 Å². The standard InChI is InChI=1S/C25H30F3N5O2/c1-15-13-32(10-11-34-15)20-14-35-21-12-16(25(26,27)28)8-9-24(21,2)23(20)29-18-4-3-5-19-22(18)31-33(30-19)17-6-7-17/h3-5,8-9,12,15,17,20-21,23,29H,6-7,10-11,13-14H2,1-2H3/t15-,20+,21?,23-,24?/m1/s1. The molecule has 10 heteroatoms. The maximum atomic E-state index is 13.5. The molecule has 3 heterocycles. The molecule has 0 spiro atoms. The van der Waals surface area contributed by atoms with Crippen LogP contribution in [0.2, 0.25) is 0 Å². The number of ether oxygens (including phenoxy) is 2. The molecule has 35 heavy (non-hydrogen) atoms. The number of aromatic nitrogens is 3. The monoisotopic (exact) mass is 489 g/mol. The van der Waals surface area contributed by atoms with E-state index in [4.69, 9.17) is 14.6 Å². The molecule has 1 saturated carbocycles. The highest BCUT2D eigenvalue weighted by Crippen LogP contribution is 2.45. The largest absolute Gasteiger partial charge is 0.416 e. The van der Waals surface area contributed by atoms with Gasteiger partial charge < -0.3 is 14.8 Å². The van der Waals surface area contributed by atoms with Crippen LogP contribution in [-0.2, 0) is 9.47 Å². The van der Waals surface area contributed by atoms with Crippen LogP contribution in [-0.4, -0.2) is 76.7 Å². The van der Waals surface area contributed by atoms with Crippen LogP contribution in [0.5, 0.6) is 0 Å². The highest BCUT2D eigenvalue weighted by molar-refractivity contribution is 5.87. The van der Waals surface area contributed by atoms with Crippen LogP contribution in [0.1, 0.15) is 32.7 Å². The van der Waals surface area contributed by atoms with Crippen molar-refractivity contribution >= 4 is 16.7 Å². The maximum Gasteiger partial charge on any atom is 0.416 e. The lowest BCUT2D eigenvalue weighted by Crippen LogP contribution is -2.65. The molecule has 0 bridgehead atoms. The summed E-state index contributed by atoms with van der Waals surface area (Å²) >= 11 is 0. The van der Waals surface area contributed by atoms with Crippen LogP contribution >= 0.6 is 0 Å². The Kier molecular flexibility index (Phi) is 5.46. The first-order chi connectivity index (χ1) is 16.7. The van der Waals surface area contributed by atoms with Gasteiger partial charge in [0.05, 0.1) is 54.8 Å². The van der Waals surface area contributed by atoms with Crippen LogP contribution in [0.25, 0.3) is 11.0 Å². The van der Waals surface area contributed by atoms with E-state index in [0.717, 1.165) is 42.7 Å². The van der Waals surface area contributed by atoms with Crippen molar-refractivity contribution in [3.8, 4) is 0 Å². The number of nitrogens with zero attached hydrogens (tertiary/aromatic N) is 4. The van der Waals surface area contributed by atoms with E-state index >= 15 is 0 Å². The van der Waals surface area contributed by atoms with Crippen molar-refractivity contribution in [3.63, 3.8) is 0 Å². The number of nitrogens with one attached hydrogen (secondary N) is 1. The normalized spacial score (nSPS) is 34.0. The van der Waals surface area contributed by atoms with E-state index in [1.165, 1.54) is 12.2 Å². The minimum atomic E-state index is -4.41. The lowest BCUT2D eigenvalue weighted by atomic mass is 9.68. The highest BCUT2D eigenvalue weighted by atomic mass is 19.4. The van der Waals surface area contributed by atoms with Crippen molar-refractivity contribution in [3.05, 3.63) is 42.0 Å². The number of hydrogen-bond acceptors (Lipinski definition) is 6. The van der Waals surface area contributed by atoms with Crippen LogP contribution in [0, 0.1) is 5.41 Å². The van der Waals surface area contributed by atoms with Gasteiger partial charge in [-0.05, 0) is 38.0 Å². The molecule has 5 atom stereocenters. The molecule has 4 aliphatic rings. The fourth-order valence-corrected chi connectivity index (χ4v) is 5.59. The minimum absolute atomic E-state index is 0.0539. The average molecular weight is 490 g/mol. The second-order valence-corrected chi connectivity index (χ2v) is 10.4. The maximum absolute atomic E-state index is 13.5. The Morgan fingerprint density at radius 2 is 2.00 bits per heavy atom. The zero-order valence-corrected chi connectivity index (χ0v) is 19.8. The quantitative estimate of drug-likeness (QED) is 0.698. The average Bonchev–Trinajstić information content (AvgIpc) is 3.57. The van der Waals surface area contributed by atoms with Crippen LogP contribution in [0.4, 0.5) is 18.9 Å². The molecule has 1 aromatic heterocycles. The first kappa shape index (κ1) is 23.0. The molecule has 2 aliphatic carbocycles. The summed E-state index contributed by atoms with van der Waals surface area (Å²) in [6.07, 6.45) is 1.24. The topological polar surface area (TPSA) is 64.4 Å². The third kappa shape index (κ3) is 4.15. The van der Waals surface area contributed by atoms with Gasteiger partial charge in [-0.25, -0.2) is 0 Å². The Hall–Kier alpha value is -2.43. The molecule has 1 N–H and O–H groups in total. The van der Waals surface area contributed by atoms with E-state index in [9.17, 15) is 13.2 Å². The highest BCUT2D eigenvalue weighted by Gasteiger charge is 2.52. The third-order valence-electron chi connectivity index (χ3n) is 7.75. The molecule has 6 rings (SSSR count). The molecule has 3 fully saturated rings. The van der Waals surface area contributed by atoms with Crippen molar-refractivity contribution < 1.29 is 22.6 Å². The fourth-order valence-electron chi connectivity index (χ4n) is 5.59. The summed E-state index contributed by atoms with van der Waals surface area (Å²) in [5.74, 6) is 0. The lowest BCUT2D eigenvalue weighted by molar-refractivity contribution is -0.116. The van der Waals surface area contributed by atoms with Crippen molar-refractivity contribution in [2.75, 3.05) is 31.6 Å². The number of alkyl halides is 3. The lowest BCUT2D eigenvalue weighted by Gasteiger charge is -2.53. The smallest absolute Gasteiger partial charge is 0.378 e. The van der Waals surface area contributed by atoms with Crippen molar-refractivity contribution in [2.45, 2.75) is 63.2 Å². The Bertz CT molecular complexity index is 1170. The Balaban J connectivity index is 1.38. The SMILES string of the molecule is C[C@@H]1CN([C@H]2COC3C=C(C(F)(F)F)C=CC3(C)[C@@H]2Nc2cccc3nn(C4CC4)nc23)CCO1. The zero-order chi connectivity index (χ0) is 24.4. The Labute approximate surface area is 201 Å². The second-order valence-electron chi connectivity index (χ2n) is 10.4. The van der Waals surface area contributed by atoms with Gasteiger partial charge in [0.25, 0.3) is 0 Å².